The highest BCUT2D eigenvalue weighted by Gasteiger charge is 2.21. The molecule has 2 aromatic carbocycles. The lowest BCUT2D eigenvalue weighted by Crippen LogP contribution is -2.50. The molecule has 5 nitrogen and oxygen atoms in total. The summed E-state index contributed by atoms with van der Waals surface area (Å²) in [4.78, 5) is 16.6. The minimum absolute atomic E-state index is 0. The summed E-state index contributed by atoms with van der Waals surface area (Å²) in [7, 11) is 1.68. The van der Waals surface area contributed by atoms with Crippen LogP contribution in [0.25, 0.3) is 0 Å². The van der Waals surface area contributed by atoms with Gasteiger partial charge in [0, 0.05) is 45.0 Å². The lowest BCUT2D eigenvalue weighted by atomic mass is 10.1. The Morgan fingerprint density at radius 1 is 1.12 bits per heavy atom. The minimum atomic E-state index is -0.0328. The summed E-state index contributed by atoms with van der Waals surface area (Å²) in [5, 5.41) is 2.98. The average Bonchev–Trinajstić information content (AvgIpc) is 2.68. The van der Waals surface area contributed by atoms with Crippen molar-refractivity contribution in [1.29, 1.82) is 0 Å². The number of aryl methyl sites for hydroxylation is 1. The van der Waals surface area contributed by atoms with Crippen molar-refractivity contribution in [2.75, 3.05) is 43.5 Å². The first-order valence-corrected chi connectivity index (χ1v) is 8.73. The molecule has 134 valence electrons. The Hall–Kier alpha value is -2.69. The van der Waals surface area contributed by atoms with Gasteiger partial charge in [0.15, 0.2) is 0 Å². The number of carbonyl (C=O) groups excluding carboxylic acids is 1. The van der Waals surface area contributed by atoms with Crippen LogP contribution in [0.4, 0.5) is 16.2 Å². The molecule has 1 fully saturated rings. The Morgan fingerprint density at radius 3 is 2.48 bits per heavy atom. The standard InChI is InChI=1S/C20H25N3O2.H2/c1-3-16-7-9-17(10-8-16)21-20(24)23-13-11-22(12-14-23)18-5-4-6-19(15-18)25-2;/h4-10,15H,3,11-14H2,1-2H3,(H,21,24);1H. The van der Waals surface area contributed by atoms with Crippen LogP contribution in [-0.4, -0.2) is 44.2 Å². The second-order valence-electron chi connectivity index (χ2n) is 6.16. The van der Waals surface area contributed by atoms with Crippen LogP contribution in [0, 0.1) is 0 Å². The van der Waals surface area contributed by atoms with E-state index in [1.54, 1.807) is 7.11 Å². The average molecular weight is 341 g/mol. The predicted molar refractivity (Wildman–Crippen MR) is 104 cm³/mol. The Kier molecular flexibility index (Phi) is 5.43. The number of hydrogen-bond donors (Lipinski definition) is 1. The number of nitrogens with zero attached hydrogens (tertiary/aromatic N) is 2. The molecule has 0 unspecified atom stereocenters. The second-order valence-corrected chi connectivity index (χ2v) is 6.16. The van der Waals surface area contributed by atoms with E-state index in [2.05, 4.69) is 35.3 Å². The molecular formula is C20H27N3O2. The zero-order valence-corrected chi connectivity index (χ0v) is 14.9. The van der Waals surface area contributed by atoms with Crippen LogP contribution >= 0.6 is 0 Å². The normalized spacial score (nSPS) is 14.3. The molecule has 3 rings (SSSR count). The van der Waals surface area contributed by atoms with Crippen molar-refractivity contribution in [3.63, 3.8) is 0 Å². The summed E-state index contributed by atoms with van der Waals surface area (Å²) in [6.45, 7) is 5.16. The van der Waals surface area contributed by atoms with Crippen LogP contribution in [-0.2, 0) is 6.42 Å². The molecule has 2 amide bonds. The van der Waals surface area contributed by atoms with Gasteiger partial charge in [-0.05, 0) is 36.2 Å². The van der Waals surface area contributed by atoms with Gasteiger partial charge in [0.1, 0.15) is 5.75 Å². The van der Waals surface area contributed by atoms with Crippen molar-refractivity contribution in [2.45, 2.75) is 13.3 Å². The van der Waals surface area contributed by atoms with Crippen LogP contribution in [0.2, 0.25) is 0 Å². The third kappa shape index (κ3) is 4.24. The first kappa shape index (κ1) is 17.1. The summed E-state index contributed by atoms with van der Waals surface area (Å²) in [6, 6.07) is 16.0. The van der Waals surface area contributed by atoms with E-state index in [4.69, 9.17) is 4.74 Å². The van der Waals surface area contributed by atoms with E-state index in [9.17, 15) is 4.79 Å². The molecule has 1 aliphatic heterocycles. The fourth-order valence-electron chi connectivity index (χ4n) is 3.00. The van der Waals surface area contributed by atoms with Crippen molar-refractivity contribution < 1.29 is 11.0 Å². The van der Waals surface area contributed by atoms with Gasteiger partial charge in [-0.3, -0.25) is 0 Å². The summed E-state index contributed by atoms with van der Waals surface area (Å²) in [5.41, 5.74) is 3.25. The zero-order chi connectivity index (χ0) is 17.6. The van der Waals surface area contributed by atoms with E-state index in [1.807, 2.05) is 35.2 Å². The summed E-state index contributed by atoms with van der Waals surface area (Å²) < 4.78 is 5.29. The summed E-state index contributed by atoms with van der Waals surface area (Å²) in [5.74, 6) is 0.855. The number of anilines is 2. The van der Waals surface area contributed by atoms with E-state index in [1.165, 1.54) is 5.56 Å². The number of urea groups is 1. The molecule has 0 aliphatic carbocycles. The molecular weight excluding hydrogens is 314 g/mol. The fourth-order valence-corrected chi connectivity index (χ4v) is 3.00. The van der Waals surface area contributed by atoms with Crippen LogP contribution in [0.5, 0.6) is 5.75 Å². The van der Waals surface area contributed by atoms with Gasteiger partial charge in [-0.25, -0.2) is 4.79 Å². The Morgan fingerprint density at radius 2 is 1.84 bits per heavy atom. The largest absolute Gasteiger partial charge is 0.497 e. The van der Waals surface area contributed by atoms with E-state index in [-0.39, 0.29) is 7.46 Å². The highest BCUT2D eigenvalue weighted by atomic mass is 16.5. The molecule has 0 aromatic heterocycles. The van der Waals surface area contributed by atoms with Gasteiger partial charge < -0.3 is 19.9 Å². The predicted octanol–water partition coefficient (Wildman–Crippen LogP) is 3.86. The van der Waals surface area contributed by atoms with Crippen LogP contribution in [0.15, 0.2) is 48.5 Å². The highest BCUT2D eigenvalue weighted by Crippen LogP contribution is 2.22. The number of carbonyl (C=O) groups is 1. The molecule has 0 atom stereocenters. The first-order valence-electron chi connectivity index (χ1n) is 8.73. The number of benzene rings is 2. The number of piperazine rings is 1. The van der Waals surface area contributed by atoms with Crippen LogP contribution in [0.3, 0.4) is 0 Å². The SMILES string of the molecule is CCc1ccc(NC(=O)N2CCN(c3cccc(OC)c3)CC2)cc1.[HH]. The molecule has 5 heteroatoms. The molecule has 1 N–H and O–H groups in total. The number of rotatable bonds is 4. The number of hydrogen-bond acceptors (Lipinski definition) is 3. The summed E-state index contributed by atoms with van der Waals surface area (Å²) in [6.07, 6.45) is 1.00. The third-order valence-corrected chi connectivity index (χ3v) is 4.60. The molecule has 0 spiro atoms. The molecule has 2 aromatic rings. The fraction of sp³-hybridized carbons (Fsp3) is 0.350. The summed E-state index contributed by atoms with van der Waals surface area (Å²) >= 11 is 0. The molecule has 0 bridgehead atoms. The topological polar surface area (TPSA) is 44.8 Å². The van der Waals surface area contributed by atoms with Gasteiger partial charge in [-0.15, -0.1) is 0 Å². The van der Waals surface area contributed by atoms with Crippen LogP contribution in [0.1, 0.15) is 13.9 Å². The van der Waals surface area contributed by atoms with Crippen molar-refractivity contribution >= 4 is 17.4 Å². The van der Waals surface area contributed by atoms with Crippen molar-refractivity contribution in [3.05, 3.63) is 54.1 Å². The molecule has 0 saturated carbocycles. The van der Waals surface area contributed by atoms with Gasteiger partial charge in [-0.1, -0.05) is 25.1 Å². The van der Waals surface area contributed by atoms with Crippen molar-refractivity contribution in [3.8, 4) is 5.75 Å². The quantitative estimate of drug-likeness (QED) is 0.918. The highest BCUT2D eigenvalue weighted by molar-refractivity contribution is 5.89. The van der Waals surface area contributed by atoms with Crippen molar-refractivity contribution in [2.24, 2.45) is 0 Å². The Bertz CT molecular complexity index is 713. The van der Waals surface area contributed by atoms with Gasteiger partial charge in [-0.2, -0.15) is 0 Å². The van der Waals surface area contributed by atoms with E-state index in [0.29, 0.717) is 13.1 Å². The lowest BCUT2D eigenvalue weighted by molar-refractivity contribution is 0.208. The monoisotopic (exact) mass is 341 g/mol. The van der Waals surface area contributed by atoms with Gasteiger partial charge in [0.25, 0.3) is 0 Å². The maximum absolute atomic E-state index is 12.4. The molecule has 25 heavy (non-hydrogen) atoms. The number of methoxy groups -OCH3 is 1. The number of nitrogens with one attached hydrogen (secondary N) is 1. The van der Waals surface area contributed by atoms with E-state index < -0.39 is 0 Å². The second kappa shape index (κ2) is 7.92. The van der Waals surface area contributed by atoms with Gasteiger partial charge in [0.05, 0.1) is 7.11 Å². The van der Waals surface area contributed by atoms with E-state index in [0.717, 1.165) is 36.6 Å². The third-order valence-electron chi connectivity index (χ3n) is 4.60. The Balaban J connectivity index is 0.00000243. The number of amides is 2. The van der Waals surface area contributed by atoms with Gasteiger partial charge >= 0.3 is 6.03 Å². The van der Waals surface area contributed by atoms with E-state index >= 15 is 0 Å². The van der Waals surface area contributed by atoms with Gasteiger partial charge in [0.2, 0.25) is 0 Å². The number of ether oxygens (including phenoxy) is 1. The van der Waals surface area contributed by atoms with Crippen molar-refractivity contribution in [1.82, 2.24) is 4.90 Å². The molecule has 0 radical (unpaired) electrons. The zero-order valence-electron chi connectivity index (χ0n) is 14.9. The maximum Gasteiger partial charge on any atom is 0.321 e. The smallest absolute Gasteiger partial charge is 0.321 e. The lowest BCUT2D eigenvalue weighted by Gasteiger charge is -2.36. The molecule has 1 aliphatic rings. The molecule has 1 heterocycles. The minimum Gasteiger partial charge on any atom is -0.497 e. The molecule has 1 saturated heterocycles. The maximum atomic E-state index is 12.4. The Labute approximate surface area is 150 Å². The van der Waals surface area contributed by atoms with Crippen LogP contribution < -0.4 is 15.0 Å². The first-order chi connectivity index (χ1) is 12.2.